The first kappa shape index (κ1) is 18.8. The molecule has 6 nitrogen and oxygen atoms in total. The number of unbranched alkanes of at least 4 members (excludes halogenated alkanes) is 2. The van der Waals surface area contributed by atoms with Crippen molar-refractivity contribution >= 4 is 23.7 Å². The summed E-state index contributed by atoms with van der Waals surface area (Å²) in [5, 5.41) is 6.10. The zero-order valence-corrected chi connectivity index (χ0v) is 16.2. The fourth-order valence-corrected chi connectivity index (χ4v) is 5.08. The van der Waals surface area contributed by atoms with E-state index in [9.17, 15) is 9.59 Å². The molecule has 3 rings (SSSR count). The van der Waals surface area contributed by atoms with Crippen LogP contribution < -0.4 is 10.6 Å². The number of carbonyl (C=O) groups is 2. The van der Waals surface area contributed by atoms with Crippen molar-refractivity contribution in [2.45, 2.75) is 50.7 Å². The molecule has 3 fully saturated rings. The Morgan fingerprint density at radius 3 is 2.92 bits per heavy atom. The van der Waals surface area contributed by atoms with Crippen molar-refractivity contribution in [2.75, 3.05) is 38.2 Å². The van der Waals surface area contributed by atoms with Gasteiger partial charge in [0.2, 0.25) is 5.91 Å². The molecule has 3 saturated heterocycles. The first-order valence-electron chi connectivity index (χ1n) is 9.56. The molecule has 142 valence electrons. The average Bonchev–Trinajstić information content (AvgIpc) is 3.25. The third kappa shape index (κ3) is 3.92. The van der Waals surface area contributed by atoms with E-state index in [0.29, 0.717) is 30.7 Å². The highest BCUT2D eigenvalue weighted by Crippen LogP contribution is 2.54. The standard InChI is InChI=1S/C18H31N3O3S/c1-3-4-5-8-19-17(23)21-10-14-13(9-20-16(22)11-25-2)15-6-7-18(14,12-21)24-15/h13-15H,3-12H2,1-2H3,(H,19,23)(H,20,22)/t13-,14+,15+,18+/m0/s1. The molecule has 0 aromatic rings. The molecule has 3 amide bonds. The molecule has 7 heteroatoms. The van der Waals surface area contributed by atoms with Crippen LogP contribution in [0.15, 0.2) is 0 Å². The quantitative estimate of drug-likeness (QED) is 0.641. The Morgan fingerprint density at radius 1 is 1.32 bits per heavy atom. The summed E-state index contributed by atoms with van der Waals surface area (Å²) in [7, 11) is 0. The zero-order valence-electron chi connectivity index (χ0n) is 15.4. The van der Waals surface area contributed by atoms with Gasteiger partial charge in [0, 0.05) is 31.5 Å². The largest absolute Gasteiger partial charge is 0.369 e. The van der Waals surface area contributed by atoms with Gasteiger partial charge in [-0.05, 0) is 25.5 Å². The number of ether oxygens (including phenoxy) is 1. The van der Waals surface area contributed by atoms with Crippen molar-refractivity contribution in [3.05, 3.63) is 0 Å². The summed E-state index contributed by atoms with van der Waals surface area (Å²) in [6.07, 6.45) is 7.60. The lowest BCUT2D eigenvalue weighted by Crippen LogP contribution is -2.42. The summed E-state index contributed by atoms with van der Waals surface area (Å²) < 4.78 is 6.33. The first-order chi connectivity index (χ1) is 12.1. The van der Waals surface area contributed by atoms with Crippen LogP contribution in [-0.2, 0) is 9.53 Å². The molecule has 3 aliphatic heterocycles. The van der Waals surface area contributed by atoms with Crippen LogP contribution in [0, 0.1) is 11.8 Å². The van der Waals surface area contributed by atoms with Gasteiger partial charge in [-0.1, -0.05) is 19.8 Å². The number of hydrogen-bond acceptors (Lipinski definition) is 4. The zero-order chi connectivity index (χ0) is 17.9. The van der Waals surface area contributed by atoms with Crippen LogP contribution in [0.5, 0.6) is 0 Å². The highest BCUT2D eigenvalue weighted by Gasteiger charge is 2.63. The maximum absolute atomic E-state index is 12.5. The molecule has 1 spiro atoms. The van der Waals surface area contributed by atoms with Gasteiger partial charge in [0.1, 0.15) is 0 Å². The van der Waals surface area contributed by atoms with Crippen molar-refractivity contribution < 1.29 is 14.3 Å². The molecule has 0 aromatic heterocycles. The fourth-order valence-electron chi connectivity index (χ4n) is 4.71. The van der Waals surface area contributed by atoms with E-state index in [2.05, 4.69) is 17.6 Å². The number of hydrogen-bond donors (Lipinski definition) is 2. The fraction of sp³-hybridized carbons (Fsp3) is 0.889. The number of urea groups is 1. The van der Waals surface area contributed by atoms with Crippen LogP contribution in [0.2, 0.25) is 0 Å². The summed E-state index contributed by atoms with van der Waals surface area (Å²) >= 11 is 1.54. The predicted molar refractivity (Wildman–Crippen MR) is 99.7 cm³/mol. The van der Waals surface area contributed by atoms with Crippen LogP contribution in [0.1, 0.15) is 39.0 Å². The summed E-state index contributed by atoms with van der Waals surface area (Å²) in [4.78, 5) is 26.2. The number of thioether (sulfide) groups is 1. The van der Waals surface area contributed by atoms with E-state index in [1.54, 1.807) is 0 Å². The van der Waals surface area contributed by atoms with E-state index < -0.39 is 0 Å². The molecular formula is C18H31N3O3S. The Morgan fingerprint density at radius 2 is 2.16 bits per heavy atom. The van der Waals surface area contributed by atoms with Gasteiger partial charge in [-0.25, -0.2) is 4.79 Å². The Kier molecular flexibility index (Phi) is 6.15. The van der Waals surface area contributed by atoms with E-state index in [-0.39, 0.29) is 23.6 Å². The molecular weight excluding hydrogens is 338 g/mol. The number of amides is 3. The number of carbonyl (C=O) groups excluding carboxylic acids is 2. The smallest absolute Gasteiger partial charge is 0.317 e. The number of nitrogens with zero attached hydrogens (tertiary/aromatic N) is 1. The van der Waals surface area contributed by atoms with Gasteiger partial charge in [-0.2, -0.15) is 11.8 Å². The van der Waals surface area contributed by atoms with Crippen LogP contribution in [-0.4, -0.2) is 66.7 Å². The minimum atomic E-state index is -0.166. The SMILES string of the molecule is CCCCCNC(=O)N1C[C@@H]2[C@H](CNC(=O)CSC)[C@H]3CC[C@]2(C1)O3. The van der Waals surface area contributed by atoms with Crippen LogP contribution in [0.25, 0.3) is 0 Å². The number of fused-ring (bicyclic) bond motifs is 1. The average molecular weight is 370 g/mol. The molecule has 2 N–H and O–H groups in total. The van der Waals surface area contributed by atoms with Gasteiger partial charge in [-0.15, -0.1) is 0 Å². The molecule has 4 atom stereocenters. The van der Waals surface area contributed by atoms with Gasteiger partial charge >= 0.3 is 6.03 Å². The Labute approximate surface area is 154 Å². The maximum Gasteiger partial charge on any atom is 0.317 e. The van der Waals surface area contributed by atoms with E-state index in [0.717, 1.165) is 45.2 Å². The van der Waals surface area contributed by atoms with E-state index in [4.69, 9.17) is 4.74 Å². The van der Waals surface area contributed by atoms with Crippen molar-refractivity contribution in [3.63, 3.8) is 0 Å². The Balaban J connectivity index is 1.53. The molecule has 0 unspecified atom stereocenters. The van der Waals surface area contributed by atoms with Gasteiger partial charge < -0.3 is 20.3 Å². The second-order valence-electron chi connectivity index (χ2n) is 7.59. The number of likely N-dealkylation sites (tertiary alicyclic amines) is 1. The third-order valence-electron chi connectivity index (χ3n) is 5.94. The highest BCUT2D eigenvalue weighted by molar-refractivity contribution is 7.99. The van der Waals surface area contributed by atoms with E-state index in [1.165, 1.54) is 11.8 Å². The third-order valence-corrected chi connectivity index (χ3v) is 6.49. The normalized spacial score (nSPS) is 32.7. The van der Waals surface area contributed by atoms with Crippen LogP contribution >= 0.6 is 11.8 Å². The molecule has 0 saturated carbocycles. The lowest BCUT2D eigenvalue weighted by molar-refractivity contribution is -0.118. The first-order valence-corrected chi connectivity index (χ1v) is 10.9. The molecule has 0 aliphatic carbocycles. The summed E-state index contributed by atoms with van der Waals surface area (Å²) in [5.74, 6) is 1.27. The second kappa shape index (κ2) is 8.16. The summed E-state index contributed by atoms with van der Waals surface area (Å²) in [5.41, 5.74) is -0.166. The Hall–Kier alpha value is -0.950. The van der Waals surface area contributed by atoms with Crippen LogP contribution in [0.4, 0.5) is 4.79 Å². The van der Waals surface area contributed by atoms with Crippen molar-refractivity contribution in [2.24, 2.45) is 11.8 Å². The van der Waals surface area contributed by atoms with E-state index in [1.807, 2.05) is 11.2 Å². The second-order valence-corrected chi connectivity index (χ2v) is 8.45. The summed E-state index contributed by atoms with van der Waals surface area (Å²) in [6, 6.07) is 0.0390. The molecule has 2 bridgehead atoms. The van der Waals surface area contributed by atoms with Crippen molar-refractivity contribution in [1.29, 1.82) is 0 Å². The molecule has 3 aliphatic rings. The number of rotatable bonds is 8. The van der Waals surface area contributed by atoms with E-state index >= 15 is 0 Å². The van der Waals surface area contributed by atoms with Crippen molar-refractivity contribution in [3.8, 4) is 0 Å². The minimum Gasteiger partial charge on any atom is -0.369 e. The molecule has 0 radical (unpaired) electrons. The topological polar surface area (TPSA) is 70.7 Å². The minimum absolute atomic E-state index is 0.0390. The summed E-state index contributed by atoms with van der Waals surface area (Å²) in [6.45, 7) is 5.03. The Bertz CT molecular complexity index is 504. The lowest BCUT2D eigenvalue weighted by Gasteiger charge is -2.29. The molecule has 25 heavy (non-hydrogen) atoms. The van der Waals surface area contributed by atoms with Gasteiger partial charge in [0.15, 0.2) is 0 Å². The monoisotopic (exact) mass is 369 g/mol. The van der Waals surface area contributed by atoms with Crippen LogP contribution in [0.3, 0.4) is 0 Å². The van der Waals surface area contributed by atoms with Crippen molar-refractivity contribution in [1.82, 2.24) is 15.5 Å². The van der Waals surface area contributed by atoms with Gasteiger partial charge in [-0.3, -0.25) is 4.79 Å². The van der Waals surface area contributed by atoms with Gasteiger partial charge in [0.05, 0.1) is 24.0 Å². The molecule has 0 aromatic carbocycles. The maximum atomic E-state index is 12.5. The predicted octanol–water partition coefficient (Wildman–Crippen LogP) is 1.84. The lowest BCUT2D eigenvalue weighted by atomic mass is 9.73. The van der Waals surface area contributed by atoms with Gasteiger partial charge in [0.25, 0.3) is 0 Å². The highest BCUT2D eigenvalue weighted by atomic mass is 32.2. The molecule has 3 heterocycles. The number of nitrogens with one attached hydrogen (secondary N) is 2.